The molecule has 0 spiro atoms. The highest BCUT2D eigenvalue weighted by Crippen LogP contribution is 2.41. The number of rotatable bonds is 7. The van der Waals surface area contributed by atoms with Crippen molar-refractivity contribution in [3.8, 4) is 0 Å². The summed E-state index contributed by atoms with van der Waals surface area (Å²) >= 11 is 0. The van der Waals surface area contributed by atoms with Crippen LogP contribution in [0.3, 0.4) is 0 Å². The summed E-state index contributed by atoms with van der Waals surface area (Å²) in [6.07, 6.45) is 13.6. The van der Waals surface area contributed by atoms with Crippen LogP contribution in [-0.2, 0) is 0 Å². The smallest absolute Gasteiger partial charge is 0.0394 e. The van der Waals surface area contributed by atoms with Gasteiger partial charge in [0, 0.05) is 11.6 Å². The highest BCUT2D eigenvalue weighted by molar-refractivity contribution is 5.04. The van der Waals surface area contributed by atoms with Gasteiger partial charge in [-0.05, 0) is 58.0 Å². The number of hydrogen-bond donors (Lipinski definition) is 2. The average molecular weight is 251 g/mol. The van der Waals surface area contributed by atoms with Gasteiger partial charge in [0.15, 0.2) is 0 Å². The van der Waals surface area contributed by atoms with Crippen molar-refractivity contribution in [3.63, 3.8) is 0 Å². The molecule has 18 heavy (non-hydrogen) atoms. The molecule has 2 fully saturated rings. The molecule has 2 rings (SSSR count). The van der Waals surface area contributed by atoms with Gasteiger partial charge in [-0.2, -0.15) is 0 Å². The maximum Gasteiger partial charge on any atom is 0.0394 e. The Morgan fingerprint density at radius 1 is 1.22 bits per heavy atom. The van der Waals surface area contributed by atoms with Crippen molar-refractivity contribution in [3.05, 3.63) is 12.7 Å². The first-order chi connectivity index (χ1) is 8.83. The van der Waals surface area contributed by atoms with Crippen LogP contribution in [0.2, 0.25) is 0 Å². The van der Waals surface area contributed by atoms with Gasteiger partial charge in [-0.1, -0.05) is 18.9 Å². The fourth-order valence-corrected chi connectivity index (χ4v) is 4.01. The van der Waals surface area contributed by atoms with Gasteiger partial charge in [0.1, 0.15) is 0 Å². The lowest BCUT2D eigenvalue weighted by Gasteiger charge is -2.45. The first-order valence-electron chi connectivity index (χ1n) is 7.65. The van der Waals surface area contributed by atoms with E-state index < -0.39 is 0 Å². The third-order valence-corrected chi connectivity index (χ3v) is 4.96. The van der Waals surface area contributed by atoms with Crippen molar-refractivity contribution in [2.24, 2.45) is 5.84 Å². The fourth-order valence-electron chi connectivity index (χ4n) is 4.01. The lowest BCUT2D eigenvalue weighted by atomic mass is 9.83. The van der Waals surface area contributed by atoms with Gasteiger partial charge in [-0.25, -0.2) is 0 Å². The number of allylic oxidation sites excluding steroid dienone is 1. The minimum atomic E-state index is 0.354. The first kappa shape index (κ1) is 14.0. The van der Waals surface area contributed by atoms with Crippen LogP contribution >= 0.6 is 0 Å². The number of nitrogens with one attached hydrogen (secondary N) is 1. The van der Waals surface area contributed by atoms with Crippen LogP contribution in [0.15, 0.2) is 12.7 Å². The van der Waals surface area contributed by atoms with Gasteiger partial charge in [0.25, 0.3) is 0 Å². The Balaban J connectivity index is 2.03. The summed E-state index contributed by atoms with van der Waals surface area (Å²) in [5, 5.41) is 0. The number of nitrogens with zero attached hydrogens (tertiary/aromatic N) is 1. The molecule has 1 aliphatic heterocycles. The summed E-state index contributed by atoms with van der Waals surface area (Å²) in [6.45, 7) is 6.37. The van der Waals surface area contributed by atoms with E-state index in [0.717, 1.165) is 6.42 Å². The van der Waals surface area contributed by atoms with Crippen molar-refractivity contribution in [2.75, 3.05) is 13.1 Å². The Labute approximate surface area is 112 Å². The second kappa shape index (κ2) is 6.69. The van der Waals surface area contributed by atoms with E-state index in [2.05, 4.69) is 16.9 Å². The molecule has 3 nitrogen and oxygen atoms in total. The van der Waals surface area contributed by atoms with E-state index in [0.29, 0.717) is 11.6 Å². The minimum absolute atomic E-state index is 0.354. The maximum absolute atomic E-state index is 5.89. The molecule has 0 amide bonds. The predicted molar refractivity (Wildman–Crippen MR) is 77.2 cm³/mol. The van der Waals surface area contributed by atoms with E-state index in [1.165, 1.54) is 64.5 Å². The van der Waals surface area contributed by atoms with Gasteiger partial charge in [0.05, 0.1) is 0 Å². The Morgan fingerprint density at radius 2 is 1.89 bits per heavy atom. The molecule has 1 aliphatic carbocycles. The Kier molecular flexibility index (Phi) is 5.22. The summed E-state index contributed by atoms with van der Waals surface area (Å²) in [5.74, 6) is 5.89. The molecule has 3 N–H and O–H groups in total. The van der Waals surface area contributed by atoms with Crippen molar-refractivity contribution in [1.29, 1.82) is 0 Å². The van der Waals surface area contributed by atoms with E-state index in [1.54, 1.807) is 0 Å². The van der Waals surface area contributed by atoms with E-state index in [9.17, 15) is 0 Å². The van der Waals surface area contributed by atoms with Crippen molar-refractivity contribution >= 4 is 0 Å². The molecular weight excluding hydrogens is 222 g/mol. The van der Waals surface area contributed by atoms with Crippen LogP contribution < -0.4 is 11.3 Å². The van der Waals surface area contributed by atoms with Crippen LogP contribution in [0, 0.1) is 0 Å². The number of likely N-dealkylation sites (tertiary alicyclic amines) is 1. The molecule has 3 heteroatoms. The fraction of sp³-hybridized carbons (Fsp3) is 0.867. The molecule has 0 bridgehead atoms. The van der Waals surface area contributed by atoms with Gasteiger partial charge in [-0.3, -0.25) is 16.2 Å². The summed E-state index contributed by atoms with van der Waals surface area (Å²) in [4.78, 5) is 2.73. The molecule has 1 saturated heterocycles. The molecule has 1 unspecified atom stereocenters. The molecule has 1 atom stereocenters. The van der Waals surface area contributed by atoms with Crippen molar-refractivity contribution < 1.29 is 0 Å². The zero-order valence-electron chi connectivity index (χ0n) is 11.7. The quantitative estimate of drug-likeness (QED) is 0.316. The van der Waals surface area contributed by atoms with Crippen LogP contribution in [0.1, 0.15) is 57.8 Å². The van der Waals surface area contributed by atoms with Crippen LogP contribution in [-0.4, -0.2) is 29.6 Å². The lowest BCUT2D eigenvalue weighted by Crippen LogP contribution is -2.60. The highest BCUT2D eigenvalue weighted by atomic mass is 15.3. The second-order valence-corrected chi connectivity index (χ2v) is 5.94. The maximum atomic E-state index is 5.89. The topological polar surface area (TPSA) is 41.3 Å². The summed E-state index contributed by atoms with van der Waals surface area (Å²) in [5.41, 5.74) is 3.50. The zero-order chi connectivity index (χ0) is 12.8. The van der Waals surface area contributed by atoms with Gasteiger partial charge in [0.2, 0.25) is 0 Å². The largest absolute Gasteiger partial charge is 0.296 e. The third kappa shape index (κ3) is 2.79. The number of hydrogen-bond acceptors (Lipinski definition) is 3. The normalized spacial score (nSPS) is 25.4. The summed E-state index contributed by atoms with van der Waals surface area (Å²) < 4.78 is 0. The average Bonchev–Trinajstić information content (AvgIpc) is 3.05. The molecule has 2 aliphatic rings. The zero-order valence-corrected chi connectivity index (χ0v) is 11.7. The monoisotopic (exact) mass is 251 g/mol. The van der Waals surface area contributed by atoms with E-state index in [-0.39, 0.29) is 0 Å². The predicted octanol–water partition coefficient (Wildman–Crippen LogP) is 2.58. The molecule has 0 radical (unpaired) electrons. The lowest BCUT2D eigenvalue weighted by molar-refractivity contribution is 0.0722. The van der Waals surface area contributed by atoms with Crippen LogP contribution in [0.5, 0.6) is 0 Å². The molecule has 104 valence electrons. The molecule has 1 heterocycles. The van der Waals surface area contributed by atoms with Gasteiger partial charge >= 0.3 is 0 Å². The highest BCUT2D eigenvalue weighted by Gasteiger charge is 2.45. The van der Waals surface area contributed by atoms with E-state index in [4.69, 9.17) is 5.84 Å². The Bertz CT molecular complexity index is 252. The Morgan fingerprint density at radius 3 is 2.44 bits per heavy atom. The number of nitrogens with two attached hydrogens (primary N) is 1. The number of hydrazine groups is 1. The first-order valence-corrected chi connectivity index (χ1v) is 7.65. The SMILES string of the molecule is C=CCCCC(NN)C1(N2CCCC2)CCCC1. The van der Waals surface area contributed by atoms with E-state index in [1.807, 2.05) is 6.08 Å². The minimum Gasteiger partial charge on any atom is -0.296 e. The molecule has 0 aromatic carbocycles. The van der Waals surface area contributed by atoms with Crippen molar-refractivity contribution in [2.45, 2.75) is 69.4 Å². The second-order valence-electron chi connectivity index (χ2n) is 5.94. The van der Waals surface area contributed by atoms with Gasteiger partial charge < -0.3 is 0 Å². The molecular formula is C15H29N3. The van der Waals surface area contributed by atoms with Gasteiger partial charge in [-0.15, -0.1) is 6.58 Å². The summed E-state index contributed by atoms with van der Waals surface area (Å²) in [7, 11) is 0. The third-order valence-electron chi connectivity index (χ3n) is 4.96. The van der Waals surface area contributed by atoms with Crippen LogP contribution in [0.25, 0.3) is 0 Å². The Hall–Kier alpha value is -0.380. The molecule has 0 aromatic rings. The van der Waals surface area contributed by atoms with Crippen LogP contribution in [0.4, 0.5) is 0 Å². The molecule has 0 aromatic heterocycles. The standard InChI is InChI=1S/C15H29N3/c1-2-3-4-9-14(17-16)15(10-5-6-11-15)18-12-7-8-13-18/h2,14,17H,1,3-13,16H2. The summed E-state index contributed by atoms with van der Waals surface area (Å²) in [6, 6.07) is 0.457. The van der Waals surface area contributed by atoms with E-state index >= 15 is 0 Å². The number of unbranched alkanes of at least 4 members (excludes halogenated alkanes) is 1. The van der Waals surface area contributed by atoms with Crippen molar-refractivity contribution in [1.82, 2.24) is 10.3 Å². The molecule has 1 saturated carbocycles.